The predicted octanol–water partition coefficient (Wildman–Crippen LogP) is 1.32. The van der Waals surface area contributed by atoms with E-state index in [1.807, 2.05) is 42.3 Å². The minimum absolute atomic E-state index is 0.115. The maximum Gasteiger partial charge on any atom is 0.176 e. The minimum Gasteiger partial charge on any atom is -0.390 e. The van der Waals surface area contributed by atoms with Gasteiger partial charge in [0.05, 0.1) is 18.8 Å². The van der Waals surface area contributed by atoms with Crippen LogP contribution in [-0.4, -0.2) is 53.2 Å². The quantitative estimate of drug-likeness (QED) is 0.797. The Balaban J connectivity index is 1.81. The Labute approximate surface area is 120 Å². The number of hydrogen-bond acceptors (Lipinski definition) is 4. The summed E-state index contributed by atoms with van der Waals surface area (Å²) in [5.74, 6) is 0.464. The first kappa shape index (κ1) is 15.2. The van der Waals surface area contributed by atoms with E-state index in [9.17, 15) is 15.0 Å². The van der Waals surface area contributed by atoms with Crippen LogP contribution in [0.2, 0.25) is 0 Å². The second-order valence-corrected chi connectivity index (χ2v) is 5.80. The third-order valence-corrected chi connectivity index (χ3v) is 3.97. The van der Waals surface area contributed by atoms with Gasteiger partial charge in [0.2, 0.25) is 0 Å². The molecule has 3 atom stereocenters. The Hall–Kier alpha value is -1.23. The summed E-state index contributed by atoms with van der Waals surface area (Å²) in [6, 6.07) is 9.29. The number of aliphatic hydroxyl groups is 2. The number of ketones is 1. The van der Waals surface area contributed by atoms with Crippen LogP contribution in [0.5, 0.6) is 0 Å². The lowest BCUT2D eigenvalue weighted by Crippen LogP contribution is -2.39. The van der Waals surface area contributed by atoms with Gasteiger partial charge in [-0.05, 0) is 32.2 Å². The number of nitrogens with zero attached hydrogens (tertiary/aromatic N) is 1. The molecule has 0 spiro atoms. The van der Waals surface area contributed by atoms with Crippen LogP contribution in [0.25, 0.3) is 0 Å². The van der Waals surface area contributed by atoms with Gasteiger partial charge in [-0.25, -0.2) is 0 Å². The standard InChI is InChI=1S/C16H23NO3/c1-17(10-12-7-8-14(18)15(19)9-12)11-16(20)13-5-3-2-4-6-13/h2-6,12,14-15,18-19H,7-11H2,1H3/t12?,14-,15+/m0/s1. The molecule has 2 N–H and O–H groups in total. The number of hydrogen-bond donors (Lipinski definition) is 2. The van der Waals surface area contributed by atoms with Crippen molar-refractivity contribution in [3.05, 3.63) is 35.9 Å². The van der Waals surface area contributed by atoms with Crippen LogP contribution in [0.15, 0.2) is 30.3 Å². The molecule has 0 bridgehead atoms. The van der Waals surface area contributed by atoms with Crippen molar-refractivity contribution in [2.45, 2.75) is 31.5 Å². The largest absolute Gasteiger partial charge is 0.390 e. The number of aliphatic hydroxyl groups excluding tert-OH is 2. The number of carbonyl (C=O) groups excluding carboxylic acids is 1. The van der Waals surface area contributed by atoms with Crippen LogP contribution in [-0.2, 0) is 0 Å². The van der Waals surface area contributed by atoms with Crippen molar-refractivity contribution in [2.75, 3.05) is 20.1 Å². The molecule has 1 aromatic carbocycles. The molecule has 0 heterocycles. The van der Waals surface area contributed by atoms with Crippen molar-refractivity contribution in [3.63, 3.8) is 0 Å². The zero-order valence-electron chi connectivity index (χ0n) is 11.9. The highest BCUT2D eigenvalue weighted by molar-refractivity contribution is 5.97. The van der Waals surface area contributed by atoms with E-state index < -0.39 is 12.2 Å². The molecule has 0 aromatic heterocycles. The summed E-state index contributed by atoms with van der Waals surface area (Å²) < 4.78 is 0. The van der Waals surface area contributed by atoms with E-state index in [2.05, 4.69) is 0 Å². The maximum absolute atomic E-state index is 12.1. The van der Waals surface area contributed by atoms with Crippen LogP contribution >= 0.6 is 0 Å². The van der Waals surface area contributed by atoms with Gasteiger partial charge in [0, 0.05) is 12.1 Å². The minimum atomic E-state index is -0.619. The van der Waals surface area contributed by atoms with Gasteiger partial charge in [-0.2, -0.15) is 0 Å². The summed E-state index contributed by atoms with van der Waals surface area (Å²) >= 11 is 0. The van der Waals surface area contributed by atoms with Crippen LogP contribution in [0.3, 0.4) is 0 Å². The van der Waals surface area contributed by atoms with Crippen molar-refractivity contribution < 1.29 is 15.0 Å². The number of likely N-dealkylation sites (N-methyl/N-ethyl adjacent to an activating group) is 1. The van der Waals surface area contributed by atoms with Crippen LogP contribution in [0, 0.1) is 5.92 Å². The highest BCUT2D eigenvalue weighted by atomic mass is 16.3. The lowest BCUT2D eigenvalue weighted by Gasteiger charge is -2.32. The van der Waals surface area contributed by atoms with Gasteiger partial charge in [0.15, 0.2) is 5.78 Å². The molecule has 110 valence electrons. The molecule has 0 amide bonds. The van der Waals surface area contributed by atoms with E-state index in [-0.39, 0.29) is 5.78 Å². The van der Waals surface area contributed by atoms with E-state index in [4.69, 9.17) is 0 Å². The second kappa shape index (κ2) is 6.97. The Morgan fingerprint density at radius 2 is 1.90 bits per heavy atom. The Morgan fingerprint density at radius 1 is 1.20 bits per heavy atom. The zero-order valence-corrected chi connectivity index (χ0v) is 11.9. The number of Topliss-reactive ketones (excluding diaryl/α,β-unsaturated/α-hetero) is 1. The molecule has 4 nitrogen and oxygen atoms in total. The normalized spacial score (nSPS) is 26.7. The molecule has 20 heavy (non-hydrogen) atoms. The first-order valence-electron chi connectivity index (χ1n) is 7.19. The first-order valence-corrected chi connectivity index (χ1v) is 7.19. The van der Waals surface area contributed by atoms with Crippen LogP contribution < -0.4 is 0 Å². The molecule has 0 aliphatic heterocycles. The van der Waals surface area contributed by atoms with Gasteiger partial charge >= 0.3 is 0 Å². The molecule has 1 fully saturated rings. The van der Waals surface area contributed by atoms with Gasteiger partial charge in [0.25, 0.3) is 0 Å². The fourth-order valence-corrected chi connectivity index (χ4v) is 2.85. The summed E-state index contributed by atoms with van der Waals surface area (Å²) in [7, 11) is 1.93. The highest BCUT2D eigenvalue weighted by Crippen LogP contribution is 2.25. The summed E-state index contributed by atoms with van der Waals surface area (Å²) in [4.78, 5) is 14.1. The second-order valence-electron chi connectivity index (χ2n) is 5.80. The maximum atomic E-state index is 12.1. The Kier molecular flexibility index (Phi) is 5.29. The highest BCUT2D eigenvalue weighted by Gasteiger charge is 2.28. The van der Waals surface area contributed by atoms with E-state index in [1.165, 1.54) is 0 Å². The Bertz CT molecular complexity index is 435. The average molecular weight is 277 g/mol. The van der Waals surface area contributed by atoms with Crippen molar-refractivity contribution in [3.8, 4) is 0 Å². The molecule has 0 saturated heterocycles. The van der Waals surface area contributed by atoms with Crippen molar-refractivity contribution in [1.29, 1.82) is 0 Å². The third kappa shape index (κ3) is 4.13. The smallest absolute Gasteiger partial charge is 0.176 e. The van der Waals surface area contributed by atoms with E-state index in [0.29, 0.717) is 25.3 Å². The molecule has 1 aliphatic rings. The number of rotatable bonds is 5. The average Bonchev–Trinajstić information content (AvgIpc) is 2.44. The molecule has 1 saturated carbocycles. The molecule has 2 rings (SSSR count). The molecule has 1 unspecified atom stereocenters. The number of carbonyl (C=O) groups is 1. The van der Waals surface area contributed by atoms with Gasteiger partial charge in [-0.15, -0.1) is 0 Å². The fourth-order valence-electron chi connectivity index (χ4n) is 2.85. The Morgan fingerprint density at radius 3 is 2.55 bits per heavy atom. The molecule has 1 aromatic rings. The van der Waals surface area contributed by atoms with Crippen LogP contribution in [0.4, 0.5) is 0 Å². The van der Waals surface area contributed by atoms with E-state index >= 15 is 0 Å². The van der Waals surface area contributed by atoms with Crippen molar-refractivity contribution >= 4 is 5.78 Å². The number of benzene rings is 1. The van der Waals surface area contributed by atoms with E-state index in [1.54, 1.807) is 0 Å². The SMILES string of the molecule is CN(CC(=O)c1ccccc1)CC1CC[C@H](O)[C@H](O)C1. The summed E-state index contributed by atoms with van der Waals surface area (Å²) in [6.07, 6.45) is 0.967. The lowest BCUT2D eigenvalue weighted by molar-refractivity contribution is -0.0289. The predicted molar refractivity (Wildman–Crippen MR) is 77.6 cm³/mol. The lowest BCUT2D eigenvalue weighted by atomic mass is 9.85. The molecular formula is C16H23NO3. The fraction of sp³-hybridized carbons (Fsp3) is 0.562. The molecular weight excluding hydrogens is 254 g/mol. The summed E-state index contributed by atoms with van der Waals surface area (Å²) in [5.41, 5.74) is 0.735. The molecule has 0 radical (unpaired) electrons. The van der Waals surface area contributed by atoms with E-state index in [0.717, 1.165) is 18.5 Å². The molecule has 1 aliphatic carbocycles. The van der Waals surface area contributed by atoms with Gasteiger partial charge in [-0.3, -0.25) is 9.69 Å². The first-order chi connectivity index (χ1) is 9.56. The third-order valence-electron chi connectivity index (χ3n) is 3.97. The monoisotopic (exact) mass is 277 g/mol. The summed E-state index contributed by atoms with van der Waals surface area (Å²) in [5, 5.41) is 19.2. The van der Waals surface area contributed by atoms with Gasteiger partial charge in [0.1, 0.15) is 0 Å². The van der Waals surface area contributed by atoms with Crippen LogP contribution in [0.1, 0.15) is 29.6 Å². The zero-order chi connectivity index (χ0) is 14.5. The van der Waals surface area contributed by atoms with Crippen molar-refractivity contribution in [2.24, 2.45) is 5.92 Å². The summed E-state index contributed by atoms with van der Waals surface area (Å²) in [6.45, 7) is 1.17. The molecule has 4 heteroatoms. The van der Waals surface area contributed by atoms with Crippen molar-refractivity contribution in [1.82, 2.24) is 4.90 Å². The van der Waals surface area contributed by atoms with Gasteiger partial charge in [-0.1, -0.05) is 30.3 Å². The topological polar surface area (TPSA) is 60.8 Å². The van der Waals surface area contributed by atoms with Gasteiger partial charge < -0.3 is 10.2 Å².